The van der Waals surface area contributed by atoms with Crippen LogP contribution in [0.15, 0.2) is 53.7 Å². The summed E-state index contributed by atoms with van der Waals surface area (Å²) < 4.78 is 7.14. The average molecular weight is 416 g/mol. The largest absolute Gasteiger partial charge is 0.495 e. The van der Waals surface area contributed by atoms with Gasteiger partial charge in [-0.1, -0.05) is 47.6 Å². The van der Waals surface area contributed by atoms with Crippen LogP contribution in [-0.2, 0) is 4.79 Å². The summed E-state index contributed by atoms with van der Waals surface area (Å²) in [5.74, 6) is 1.17. The summed E-state index contributed by atoms with van der Waals surface area (Å²) in [5.41, 5.74) is 4.92. The van der Waals surface area contributed by atoms with Crippen LogP contribution in [0.5, 0.6) is 5.75 Å². The summed E-state index contributed by atoms with van der Waals surface area (Å²) in [5, 5.41) is 12.0. The minimum Gasteiger partial charge on any atom is -0.495 e. The van der Waals surface area contributed by atoms with Gasteiger partial charge in [-0.05, 0) is 36.8 Å². The number of aryl methyl sites for hydroxylation is 1. The monoisotopic (exact) mass is 415 g/mol. The van der Waals surface area contributed by atoms with Crippen molar-refractivity contribution in [1.29, 1.82) is 0 Å². The fraction of sp³-hybridized carbons (Fsp3) is 0.211. The van der Waals surface area contributed by atoms with Crippen molar-refractivity contribution < 1.29 is 9.53 Å². The van der Waals surface area contributed by atoms with Crippen LogP contribution >= 0.6 is 23.4 Å². The van der Waals surface area contributed by atoms with E-state index >= 15 is 0 Å². The quantitative estimate of drug-likeness (QED) is 0.677. The number of para-hydroxylation sites is 2. The molecule has 9 heteroatoms. The van der Waals surface area contributed by atoms with E-state index in [0.717, 1.165) is 11.4 Å². The second-order valence-corrected chi connectivity index (χ2v) is 7.80. The Morgan fingerprint density at radius 2 is 1.96 bits per heavy atom. The molecule has 0 bridgehead atoms. The molecule has 1 aromatic heterocycles. The predicted octanol–water partition coefficient (Wildman–Crippen LogP) is 3.65. The Morgan fingerprint density at radius 3 is 2.71 bits per heavy atom. The number of ether oxygens (including phenoxy) is 1. The van der Waals surface area contributed by atoms with Crippen molar-refractivity contribution in [3.63, 3.8) is 0 Å². The molecule has 2 aromatic carbocycles. The third kappa shape index (κ3) is 3.53. The van der Waals surface area contributed by atoms with Gasteiger partial charge >= 0.3 is 0 Å². The Hall–Kier alpha value is -2.71. The van der Waals surface area contributed by atoms with Crippen LogP contribution in [0.4, 0.5) is 5.69 Å². The Kier molecular flexibility index (Phi) is 5.15. The number of nitrogens with zero attached hydrogens (tertiary/aromatic N) is 3. The van der Waals surface area contributed by atoms with Crippen LogP contribution in [0.2, 0.25) is 5.02 Å². The highest BCUT2D eigenvalue weighted by atomic mass is 35.5. The van der Waals surface area contributed by atoms with Gasteiger partial charge in [-0.15, -0.1) is 10.2 Å². The molecule has 2 N–H and O–H groups in total. The highest BCUT2D eigenvalue weighted by Gasteiger charge is 2.37. The third-order valence-corrected chi connectivity index (χ3v) is 5.92. The molecule has 0 fully saturated rings. The van der Waals surface area contributed by atoms with Crippen molar-refractivity contribution in [3.8, 4) is 5.75 Å². The van der Waals surface area contributed by atoms with E-state index in [-0.39, 0.29) is 11.9 Å². The number of carbonyl (C=O) groups is 1. The molecule has 1 amide bonds. The summed E-state index contributed by atoms with van der Waals surface area (Å²) in [4.78, 5) is 13.2. The van der Waals surface area contributed by atoms with Crippen LogP contribution in [-0.4, -0.2) is 33.1 Å². The molecule has 0 radical (unpaired) electrons. The van der Waals surface area contributed by atoms with Gasteiger partial charge in [0.1, 0.15) is 16.8 Å². The first-order chi connectivity index (χ1) is 13.6. The van der Waals surface area contributed by atoms with E-state index < -0.39 is 5.25 Å². The zero-order chi connectivity index (χ0) is 19.7. The maximum absolute atomic E-state index is 13.2. The lowest BCUT2D eigenvalue weighted by atomic mass is 10.0. The van der Waals surface area contributed by atoms with E-state index in [1.54, 1.807) is 17.9 Å². The van der Waals surface area contributed by atoms with E-state index in [4.69, 9.17) is 16.3 Å². The lowest BCUT2D eigenvalue weighted by molar-refractivity contribution is -0.116. The SMILES string of the molecule is COc1ccccc1NC(=O)[C@@H]1Sc2nnc(C)n2N[C@@H]1c1ccc(Cl)cc1. The summed E-state index contributed by atoms with van der Waals surface area (Å²) in [6.45, 7) is 1.86. The van der Waals surface area contributed by atoms with E-state index in [9.17, 15) is 4.79 Å². The first-order valence-electron chi connectivity index (χ1n) is 8.61. The van der Waals surface area contributed by atoms with Crippen molar-refractivity contribution in [2.75, 3.05) is 17.9 Å². The lowest BCUT2D eigenvalue weighted by Crippen LogP contribution is -2.41. The minimum absolute atomic E-state index is 0.158. The second-order valence-electron chi connectivity index (χ2n) is 6.25. The van der Waals surface area contributed by atoms with Crippen molar-refractivity contribution in [2.45, 2.75) is 23.4 Å². The normalized spacial score (nSPS) is 18.1. The number of hydrogen-bond acceptors (Lipinski definition) is 6. The lowest BCUT2D eigenvalue weighted by Gasteiger charge is -2.32. The van der Waals surface area contributed by atoms with Gasteiger partial charge in [0.05, 0.1) is 18.8 Å². The number of anilines is 1. The van der Waals surface area contributed by atoms with Gasteiger partial charge in [-0.3, -0.25) is 4.79 Å². The van der Waals surface area contributed by atoms with E-state index in [0.29, 0.717) is 21.6 Å². The molecular weight excluding hydrogens is 398 g/mol. The number of methoxy groups -OCH3 is 1. The van der Waals surface area contributed by atoms with Gasteiger partial charge in [-0.2, -0.15) is 0 Å². The summed E-state index contributed by atoms with van der Waals surface area (Å²) in [6.07, 6.45) is 0. The first kappa shape index (κ1) is 18.6. The molecule has 0 unspecified atom stereocenters. The molecule has 2 heterocycles. The molecule has 28 heavy (non-hydrogen) atoms. The molecule has 0 saturated heterocycles. The smallest absolute Gasteiger partial charge is 0.240 e. The van der Waals surface area contributed by atoms with Crippen LogP contribution in [0, 0.1) is 6.92 Å². The zero-order valence-electron chi connectivity index (χ0n) is 15.2. The Bertz CT molecular complexity index is 1010. The predicted molar refractivity (Wildman–Crippen MR) is 110 cm³/mol. The highest BCUT2D eigenvalue weighted by molar-refractivity contribution is 8.00. The van der Waals surface area contributed by atoms with Crippen LogP contribution in [0.3, 0.4) is 0 Å². The molecule has 4 rings (SSSR count). The second kappa shape index (κ2) is 7.73. The third-order valence-electron chi connectivity index (χ3n) is 4.45. The molecule has 3 aromatic rings. The molecule has 7 nitrogen and oxygen atoms in total. The van der Waals surface area contributed by atoms with Gasteiger partial charge in [0.25, 0.3) is 0 Å². The molecule has 1 aliphatic heterocycles. The molecule has 0 spiro atoms. The number of nitrogens with one attached hydrogen (secondary N) is 2. The number of benzene rings is 2. The summed E-state index contributed by atoms with van der Waals surface area (Å²) in [6, 6.07) is 14.5. The van der Waals surface area contributed by atoms with Crippen LogP contribution in [0.1, 0.15) is 17.4 Å². The molecule has 144 valence electrons. The molecular formula is C19H18ClN5O2S. The Morgan fingerprint density at radius 1 is 1.21 bits per heavy atom. The first-order valence-corrected chi connectivity index (χ1v) is 9.87. The Labute approximate surface area is 171 Å². The number of carbonyl (C=O) groups excluding carboxylic acids is 1. The van der Waals surface area contributed by atoms with Crippen LogP contribution < -0.4 is 15.5 Å². The number of hydrogen-bond donors (Lipinski definition) is 2. The molecule has 2 atom stereocenters. The van der Waals surface area contributed by atoms with E-state index in [1.165, 1.54) is 11.8 Å². The number of rotatable bonds is 4. The van der Waals surface area contributed by atoms with Crippen molar-refractivity contribution in [2.24, 2.45) is 0 Å². The summed E-state index contributed by atoms with van der Waals surface area (Å²) >= 11 is 7.40. The number of fused-ring (bicyclic) bond motifs is 1. The fourth-order valence-electron chi connectivity index (χ4n) is 3.03. The standard InChI is InChI=1S/C19H18ClN5O2S/c1-11-22-23-19-25(11)24-16(12-7-9-13(20)10-8-12)17(28-19)18(26)21-14-5-3-4-6-15(14)27-2/h3-10,16-17,24H,1-2H3,(H,21,26)/t16-,17-/m1/s1. The average Bonchev–Trinajstić information content (AvgIpc) is 3.08. The zero-order valence-corrected chi connectivity index (χ0v) is 16.8. The number of halogens is 1. The minimum atomic E-state index is -0.470. The summed E-state index contributed by atoms with van der Waals surface area (Å²) in [7, 11) is 1.57. The maximum Gasteiger partial charge on any atom is 0.240 e. The van der Waals surface area contributed by atoms with E-state index in [2.05, 4.69) is 20.9 Å². The van der Waals surface area contributed by atoms with E-state index in [1.807, 2.05) is 49.4 Å². The molecule has 0 aliphatic carbocycles. The highest BCUT2D eigenvalue weighted by Crippen LogP contribution is 2.38. The maximum atomic E-state index is 13.2. The van der Waals surface area contributed by atoms with Crippen molar-refractivity contribution >= 4 is 35.0 Å². The number of amides is 1. The van der Waals surface area contributed by atoms with Crippen LogP contribution in [0.25, 0.3) is 0 Å². The van der Waals surface area contributed by atoms with Gasteiger partial charge in [0.15, 0.2) is 0 Å². The van der Waals surface area contributed by atoms with Gasteiger partial charge in [-0.25, -0.2) is 4.68 Å². The number of aromatic nitrogens is 3. The van der Waals surface area contributed by atoms with Gasteiger partial charge in [0.2, 0.25) is 11.1 Å². The topological polar surface area (TPSA) is 81.1 Å². The van der Waals surface area contributed by atoms with Gasteiger partial charge < -0.3 is 15.5 Å². The fourth-order valence-corrected chi connectivity index (χ4v) is 4.28. The number of thioether (sulfide) groups is 1. The van der Waals surface area contributed by atoms with Crippen molar-refractivity contribution in [3.05, 3.63) is 64.9 Å². The van der Waals surface area contributed by atoms with Gasteiger partial charge in [0, 0.05) is 5.02 Å². The Balaban J connectivity index is 1.67. The van der Waals surface area contributed by atoms with Crippen molar-refractivity contribution in [1.82, 2.24) is 14.9 Å². The molecule has 1 aliphatic rings. The molecule has 0 saturated carbocycles.